The normalized spacial score (nSPS) is 11.7. The molecule has 0 aliphatic heterocycles. The standard InChI is InChI=1S/C29H32F3N8O5P/c1-33-27(42)25-23(10-9-21(36-25)19-15-35-40(17-19)11-5-12-41)37-26-20(29(30,31)32)16-34-28(39-26)38-22-8-7-18(14-24(22)45-2)6-3-4-13-46(43)44/h7-10,14-17,41H,3-6,11-13H2,1-2H3,(H,33,42)(H2,34,37,38,39). The van der Waals surface area contributed by atoms with Crippen LogP contribution in [0, 0.1) is 0 Å². The van der Waals surface area contributed by atoms with Gasteiger partial charge in [0.25, 0.3) is 5.91 Å². The molecule has 0 radical (unpaired) electrons. The minimum absolute atomic E-state index is 0.00829. The summed E-state index contributed by atoms with van der Waals surface area (Å²) in [5, 5.41) is 21.2. The van der Waals surface area contributed by atoms with Gasteiger partial charge in [-0.05, 0) is 55.5 Å². The third-order valence-corrected chi connectivity index (χ3v) is 7.41. The quantitative estimate of drug-likeness (QED) is 0.105. The van der Waals surface area contributed by atoms with Gasteiger partial charge in [0.05, 0.1) is 30.4 Å². The Morgan fingerprint density at radius 2 is 1.87 bits per heavy atom. The van der Waals surface area contributed by atoms with Crippen LogP contribution in [0.5, 0.6) is 5.75 Å². The summed E-state index contributed by atoms with van der Waals surface area (Å²) in [5.74, 6) is -1.06. The van der Waals surface area contributed by atoms with Crippen LogP contribution < -0.4 is 25.6 Å². The molecule has 46 heavy (non-hydrogen) atoms. The topological polar surface area (TPSA) is 179 Å². The fraction of sp³-hybridized carbons (Fsp3) is 0.345. The third kappa shape index (κ3) is 8.96. The number of aliphatic hydroxyl groups is 1. The number of benzene rings is 1. The minimum atomic E-state index is -4.83. The van der Waals surface area contributed by atoms with Crippen LogP contribution in [0.3, 0.4) is 0 Å². The van der Waals surface area contributed by atoms with E-state index in [2.05, 4.69) is 36.0 Å². The Morgan fingerprint density at radius 1 is 1.09 bits per heavy atom. The number of anilines is 4. The maximum atomic E-state index is 14.0. The van der Waals surface area contributed by atoms with Gasteiger partial charge >= 0.3 is 14.2 Å². The van der Waals surface area contributed by atoms with Gasteiger partial charge in [-0.15, -0.1) is 0 Å². The van der Waals surface area contributed by atoms with Gasteiger partial charge in [-0.25, -0.2) is 9.97 Å². The molecule has 4 N–H and O–H groups in total. The van der Waals surface area contributed by atoms with Gasteiger partial charge in [0.1, 0.15) is 23.3 Å². The number of aryl methyl sites for hydroxylation is 2. The number of ether oxygens (including phenoxy) is 1. The summed E-state index contributed by atoms with van der Waals surface area (Å²) in [6.07, 6.45) is 1.39. The van der Waals surface area contributed by atoms with Crippen molar-refractivity contribution in [3.8, 4) is 17.0 Å². The van der Waals surface area contributed by atoms with Crippen molar-refractivity contribution in [3.05, 3.63) is 65.7 Å². The molecule has 4 aromatic rings. The van der Waals surface area contributed by atoms with Crippen LogP contribution in [0.1, 0.15) is 40.9 Å². The first-order valence-corrected chi connectivity index (χ1v) is 15.5. The molecule has 17 heteroatoms. The van der Waals surface area contributed by atoms with E-state index >= 15 is 0 Å². The van der Waals surface area contributed by atoms with Gasteiger partial charge in [0.15, 0.2) is 5.69 Å². The van der Waals surface area contributed by atoms with Crippen molar-refractivity contribution in [3.63, 3.8) is 0 Å². The maximum Gasteiger partial charge on any atom is 0.421 e. The maximum absolute atomic E-state index is 14.0. The second-order valence-corrected chi connectivity index (χ2v) is 11.1. The number of amides is 1. The first-order valence-electron chi connectivity index (χ1n) is 14.2. The summed E-state index contributed by atoms with van der Waals surface area (Å²) in [7, 11) is 0.376. The Balaban J connectivity index is 1.63. The number of hydrogen-bond donors (Lipinski definition) is 4. The largest absolute Gasteiger partial charge is 0.596 e. The molecule has 3 aromatic heterocycles. The lowest BCUT2D eigenvalue weighted by atomic mass is 10.1. The summed E-state index contributed by atoms with van der Waals surface area (Å²) in [6, 6.07) is 8.13. The van der Waals surface area contributed by atoms with E-state index in [9.17, 15) is 27.4 Å². The van der Waals surface area contributed by atoms with Gasteiger partial charge in [0.2, 0.25) is 5.95 Å². The average molecular weight is 661 g/mol. The summed E-state index contributed by atoms with van der Waals surface area (Å²) in [5.41, 5.74) is 0.816. The van der Waals surface area contributed by atoms with E-state index in [4.69, 9.17) is 9.84 Å². The molecule has 1 aromatic carbocycles. The molecule has 0 fully saturated rings. The number of unbranched alkanes of at least 4 members (excludes halogenated alkanes) is 1. The van der Waals surface area contributed by atoms with Gasteiger partial charge in [-0.2, -0.15) is 23.3 Å². The highest BCUT2D eigenvalue weighted by Crippen LogP contribution is 2.37. The SMILES string of the molecule is CNC(=O)c1nc(-c2cnn(CCCO)c2)ccc1Nc1nc(Nc2ccc(CCCC[P+](=O)[O-])cc2OC)ncc1C(F)(F)F. The Labute approximate surface area is 263 Å². The number of pyridine rings is 1. The zero-order chi connectivity index (χ0) is 33.3. The summed E-state index contributed by atoms with van der Waals surface area (Å²) in [4.78, 5) is 35.9. The predicted octanol–water partition coefficient (Wildman–Crippen LogP) is 4.42. The number of nitrogens with zero attached hydrogens (tertiary/aromatic N) is 5. The first-order chi connectivity index (χ1) is 22.0. The van der Waals surface area contributed by atoms with E-state index in [1.165, 1.54) is 32.5 Å². The number of carbonyl (C=O) groups excluding carboxylic acids is 1. The van der Waals surface area contributed by atoms with Gasteiger partial charge in [-0.1, -0.05) is 10.6 Å². The van der Waals surface area contributed by atoms with Crippen molar-refractivity contribution in [2.75, 3.05) is 37.6 Å². The second-order valence-electron chi connectivity index (χ2n) is 9.99. The first kappa shape index (κ1) is 34.2. The Kier molecular flexibility index (Phi) is 11.6. The molecule has 1 amide bonds. The molecule has 13 nitrogen and oxygen atoms in total. The van der Waals surface area contributed by atoms with Gasteiger partial charge in [0, 0.05) is 38.2 Å². The zero-order valence-corrected chi connectivity index (χ0v) is 25.9. The van der Waals surface area contributed by atoms with E-state index in [1.807, 2.05) is 0 Å². The highest BCUT2D eigenvalue weighted by Gasteiger charge is 2.36. The summed E-state index contributed by atoms with van der Waals surface area (Å²) >= 11 is 0. The Bertz CT molecular complexity index is 1690. The van der Waals surface area contributed by atoms with Crippen molar-refractivity contribution < 1.29 is 37.3 Å². The van der Waals surface area contributed by atoms with E-state index < -0.39 is 31.5 Å². The van der Waals surface area contributed by atoms with Crippen LogP contribution in [-0.4, -0.2) is 62.7 Å². The second kappa shape index (κ2) is 15.6. The lowest BCUT2D eigenvalue weighted by Gasteiger charge is -2.17. The van der Waals surface area contributed by atoms with Crippen LogP contribution in [0.4, 0.5) is 36.3 Å². The number of aliphatic hydroxyl groups excluding tert-OH is 1. The van der Waals surface area contributed by atoms with E-state index in [0.717, 1.165) is 5.56 Å². The summed E-state index contributed by atoms with van der Waals surface area (Å²) in [6.45, 7) is 0.457. The van der Waals surface area contributed by atoms with Crippen molar-refractivity contribution in [1.82, 2.24) is 30.0 Å². The number of hydrogen-bond acceptors (Lipinski definition) is 11. The lowest BCUT2D eigenvalue weighted by molar-refractivity contribution is -0.164. The molecular weight excluding hydrogens is 628 g/mol. The van der Waals surface area contributed by atoms with Crippen molar-refractivity contribution in [2.24, 2.45) is 0 Å². The van der Waals surface area contributed by atoms with Crippen molar-refractivity contribution in [1.29, 1.82) is 0 Å². The fourth-order valence-corrected chi connectivity index (χ4v) is 4.90. The fourth-order valence-electron chi connectivity index (χ4n) is 4.42. The molecule has 244 valence electrons. The van der Waals surface area contributed by atoms with Crippen LogP contribution in [0.15, 0.2) is 48.9 Å². The molecular formula is C29H32F3N8O5P. The van der Waals surface area contributed by atoms with Crippen LogP contribution in [-0.2, 0) is 23.7 Å². The van der Waals surface area contributed by atoms with Gasteiger partial charge in [-0.3, -0.25) is 9.48 Å². The molecule has 4 rings (SSSR count). The lowest BCUT2D eigenvalue weighted by Crippen LogP contribution is -2.21. The highest BCUT2D eigenvalue weighted by molar-refractivity contribution is 7.36. The smallest absolute Gasteiger partial charge is 0.421 e. The number of aromatic nitrogens is 5. The number of alkyl halides is 3. The summed E-state index contributed by atoms with van der Waals surface area (Å²) < 4.78 is 59.9. The molecule has 0 aliphatic carbocycles. The molecule has 0 aliphatic rings. The number of carbonyl (C=O) groups is 1. The molecule has 0 saturated heterocycles. The molecule has 0 spiro atoms. The zero-order valence-electron chi connectivity index (χ0n) is 25.0. The van der Waals surface area contributed by atoms with E-state index in [0.29, 0.717) is 61.1 Å². The number of methoxy groups -OCH3 is 1. The van der Waals surface area contributed by atoms with Crippen LogP contribution in [0.25, 0.3) is 11.3 Å². The van der Waals surface area contributed by atoms with Crippen LogP contribution >= 0.6 is 8.03 Å². The van der Waals surface area contributed by atoms with E-state index in [1.54, 1.807) is 29.1 Å². The Morgan fingerprint density at radius 3 is 2.57 bits per heavy atom. The molecule has 1 atom stereocenters. The number of nitrogens with one attached hydrogen (secondary N) is 3. The van der Waals surface area contributed by atoms with Crippen LogP contribution in [0.2, 0.25) is 0 Å². The highest BCUT2D eigenvalue weighted by atomic mass is 31.1. The van der Waals surface area contributed by atoms with Gasteiger partial charge < -0.3 is 30.7 Å². The molecule has 1 unspecified atom stereocenters. The molecule has 3 heterocycles. The number of halogens is 3. The molecule has 0 saturated carbocycles. The monoisotopic (exact) mass is 660 g/mol. The third-order valence-electron chi connectivity index (χ3n) is 6.73. The average Bonchev–Trinajstić information content (AvgIpc) is 3.51. The van der Waals surface area contributed by atoms with Crippen molar-refractivity contribution in [2.45, 2.75) is 38.4 Å². The predicted molar refractivity (Wildman–Crippen MR) is 163 cm³/mol. The molecule has 0 bridgehead atoms. The minimum Gasteiger partial charge on any atom is -0.596 e. The van der Waals surface area contributed by atoms with E-state index in [-0.39, 0.29) is 30.1 Å². The number of rotatable bonds is 15. The Hall–Kier alpha value is -4.66. The van der Waals surface area contributed by atoms with Crippen molar-refractivity contribution >= 4 is 37.1 Å².